The summed E-state index contributed by atoms with van der Waals surface area (Å²) in [5.41, 5.74) is 2.79. The Hall–Kier alpha value is -3.58. The number of nitrogens with one attached hydrogen (secondary N) is 1. The molecule has 2 N–H and O–H groups in total. The third kappa shape index (κ3) is 7.19. The molecule has 2 aromatic carbocycles. The van der Waals surface area contributed by atoms with Gasteiger partial charge in [0.15, 0.2) is 14.1 Å². The molecule has 4 heterocycles. The molecule has 12 heteroatoms. The third-order valence-corrected chi connectivity index (χ3v) is 16.3. The largest absolute Gasteiger partial charge is 0.432 e. The average molecular weight is 702 g/mol. The molecule has 0 aliphatic carbocycles. The number of benzene rings is 2. The molecule has 0 saturated carbocycles. The van der Waals surface area contributed by atoms with Gasteiger partial charge in [0.05, 0.1) is 5.52 Å². The number of sulfonamides is 1. The maximum absolute atomic E-state index is 14.1. The number of nitrogens with zero attached hydrogens (tertiary/aromatic N) is 6. The molecule has 2 aliphatic rings. The fraction of sp³-hybridized carbons (Fsp3) is 0.486. The van der Waals surface area contributed by atoms with Gasteiger partial charge in [-0.25, -0.2) is 17.7 Å². The highest BCUT2D eigenvalue weighted by Crippen LogP contribution is 2.43. The Morgan fingerprint density at radius 1 is 1.04 bits per heavy atom. The topological polar surface area (TPSA) is 115 Å². The first-order valence-electron chi connectivity index (χ1n) is 17.4. The molecular weight excluding hydrogens is 651 g/mol. The predicted molar refractivity (Wildman–Crippen MR) is 202 cm³/mol. The van der Waals surface area contributed by atoms with Gasteiger partial charge < -0.3 is 19.9 Å². The smallest absolute Gasteiger partial charge is 0.267 e. The minimum absolute atomic E-state index is 0.0266. The number of piperidine rings is 1. The summed E-state index contributed by atoms with van der Waals surface area (Å²) in [6.45, 7) is 15.9. The number of anilines is 4. The van der Waals surface area contributed by atoms with Gasteiger partial charge in [0.1, 0.15) is 4.90 Å². The van der Waals surface area contributed by atoms with E-state index < -0.39 is 23.8 Å². The van der Waals surface area contributed by atoms with Crippen LogP contribution in [0.1, 0.15) is 58.9 Å². The quantitative estimate of drug-likeness (QED) is 0.161. The van der Waals surface area contributed by atoms with Gasteiger partial charge in [-0.2, -0.15) is 4.98 Å². The van der Waals surface area contributed by atoms with Crippen LogP contribution in [0.15, 0.2) is 71.9 Å². The highest BCUT2D eigenvalue weighted by atomic mass is 32.2. The first kappa shape index (κ1) is 35.3. The molecule has 0 radical (unpaired) electrons. The maximum Gasteiger partial charge on any atom is 0.267 e. The maximum atomic E-state index is 14.1. The first-order valence-corrected chi connectivity index (χ1v) is 21.7. The highest BCUT2D eigenvalue weighted by molar-refractivity contribution is 7.93. The predicted octanol–water partition coefficient (Wildman–Crippen LogP) is 6.91. The molecule has 49 heavy (non-hydrogen) atoms. The van der Waals surface area contributed by atoms with Crippen LogP contribution >= 0.6 is 0 Å². The lowest BCUT2D eigenvalue weighted by atomic mass is 9.89. The summed E-state index contributed by atoms with van der Waals surface area (Å²) >= 11 is 0. The minimum Gasteiger partial charge on any atom is -0.432 e. The summed E-state index contributed by atoms with van der Waals surface area (Å²) in [5, 5.41) is 4.10. The molecule has 262 valence electrons. The van der Waals surface area contributed by atoms with E-state index in [0.29, 0.717) is 23.3 Å². The van der Waals surface area contributed by atoms with Crippen LogP contribution in [-0.4, -0.2) is 80.7 Å². The van der Waals surface area contributed by atoms with Crippen molar-refractivity contribution in [3.63, 3.8) is 0 Å². The Bertz CT molecular complexity index is 1900. The van der Waals surface area contributed by atoms with Crippen LogP contribution in [0, 0.1) is 0 Å². The number of hydrogen-bond acceptors (Lipinski definition) is 9. The minimum atomic E-state index is -3.95. The standard InChI is InChI=1S/C37H51N7O3SSi/c1-36(2)26-44(48(45,46)32-13-8-11-27-12-9-21-38-33(27)32)34-31(36)25-39-35(41-34)40-28-14-16-30(17-15-28)43-23-18-29(19-24-43)42(5)22-10-20-37(3,4)49(6,7)47/h8-9,11-17,21,25,29,47H,10,18-20,22-24,26H2,1-7H3,(H,39,40,41). The van der Waals surface area contributed by atoms with Crippen LogP contribution in [0.5, 0.6) is 0 Å². The molecule has 6 rings (SSSR count). The lowest BCUT2D eigenvalue weighted by molar-refractivity contribution is 0.201. The van der Waals surface area contributed by atoms with Gasteiger partial charge in [-0.15, -0.1) is 0 Å². The number of fused-ring (bicyclic) bond motifs is 2. The van der Waals surface area contributed by atoms with Crippen LogP contribution in [-0.2, 0) is 15.4 Å². The van der Waals surface area contributed by atoms with Crippen molar-refractivity contribution < 1.29 is 13.2 Å². The Balaban J connectivity index is 1.10. The second-order valence-corrected chi connectivity index (χ2v) is 21.9. The zero-order valence-corrected chi connectivity index (χ0v) is 31.8. The Labute approximate surface area is 292 Å². The normalized spacial score (nSPS) is 17.2. The summed E-state index contributed by atoms with van der Waals surface area (Å²) in [5.74, 6) is 0.736. The lowest BCUT2D eigenvalue weighted by Crippen LogP contribution is -2.44. The SMILES string of the molecule is CN(CCCC(C)(C)[Si](C)(C)O)C1CCN(c2ccc(Nc3ncc4c(n3)N(S(=O)(=O)c3cccc5cccnc35)CC4(C)C)cc2)CC1. The van der Waals surface area contributed by atoms with Crippen LogP contribution in [0.2, 0.25) is 18.1 Å². The van der Waals surface area contributed by atoms with Crippen molar-refractivity contribution >= 4 is 52.4 Å². The van der Waals surface area contributed by atoms with Crippen molar-refractivity contribution in [2.45, 2.75) is 87.9 Å². The molecule has 2 aromatic heterocycles. The molecule has 10 nitrogen and oxygen atoms in total. The summed E-state index contributed by atoms with van der Waals surface area (Å²) in [6.07, 6.45) is 7.76. The van der Waals surface area contributed by atoms with Crippen LogP contribution in [0.3, 0.4) is 0 Å². The van der Waals surface area contributed by atoms with E-state index in [9.17, 15) is 13.2 Å². The molecule has 0 amide bonds. The number of rotatable bonds is 11. The van der Waals surface area contributed by atoms with E-state index in [1.54, 1.807) is 30.6 Å². The molecule has 4 aromatic rings. The van der Waals surface area contributed by atoms with Gasteiger partial charge in [0, 0.05) is 65.8 Å². The summed E-state index contributed by atoms with van der Waals surface area (Å²) < 4.78 is 29.6. The number of pyridine rings is 1. The molecular formula is C37H51N7O3SSi. The Morgan fingerprint density at radius 2 is 1.73 bits per heavy atom. The molecule has 0 atom stereocenters. The van der Waals surface area contributed by atoms with E-state index in [0.717, 1.165) is 62.0 Å². The second kappa shape index (κ2) is 13.3. The van der Waals surface area contributed by atoms with Crippen LogP contribution < -0.4 is 14.5 Å². The van der Waals surface area contributed by atoms with Crippen molar-refractivity contribution in [1.29, 1.82) is 0 Å². The average Bonchev–Trinajstić information content (AvgIpc) is 3.34. The lowest BCUT2D eigenvalue weighted by Gasteiger charge is -2.39. The van der Waals surface area contributed by atoms with E-state index in [4.69, 9.17) is 4.98 Å². The number of aromatic nitrogens is 3. The number of para-hydroxylation sites is 1. The van der Waals surface area contributed by atoms with Crippen LogP contribution in [0.4, 0.5) is 23.1 Å². The van der Waals surface area contributed by atoms with Crippen molar-refractivity contribution in [1.82, 2.24) is 19.9 Å². The fourth-order valence-corrected chi connectivity index (χ4v) is 9.48. The second-order valence-electron chi connectivity index (χ2n) is 15.6. The molecule has 2 aliphatic heterocycles. The molecule has 1 saturated heterocycles. The zero-order valence-electron chi connectivity index (χ0n) is 29.9. The van der Waals surface area contributed by atoms with Gasteiger partial charge in [0.25, 0.3) is 10.0 Å². The van der Waals surface area contributed by atoms with Crippen molar-refractivity contribution in [3.05, 3.63) is 72.6 Å². The highest BCUT2D eigenvalue weighted by Gasteiger charge is 2.44. The van der Waals surface area contributed by atoms with Crippen molar-refractivity contribution in [2.75, 3.05) is 47.7 Å². The van der Waals surface area contributed by atoms with E-state index in [1.165, 1.54) is 9.99 Å². The van der Waals surface area contributed by atoms with Crippen molar-refractivity contribution in [3.8, 4) is 0 Å². The molecule has 0 bridgehead atoms. The molecule has 0 unspecified atom stereocenters. The molecule has 1 fully saturated rings. The van der Waals surface area contributed by atoms with Gasteiger partial charge in [0.2, 0.25) is 5.95 Å². The van der Waals surface area contributed by atoms with Gasteiger partial charge in [-0.3, -0.25) is 4.98 Å². The van der Waals surface area contributed by atoms with E-state index in [-0.39, 0.29) is 16.5 Å². The zero-order chi connectivity index (χ0) is 35.2. The van der Waals surface area contributed by atoms with E-state index in [2.05, 4.69) is 58.1 Å². The Kier molecular flexibility index (Phi) is 9.55. The summed E-state index contributed by atoms with van der Waals surface area (Å²) in [7, 11) is -3.87. The first-order chi connectivity index (χ1) is 23.1. The monoisotopic (exact) mass is 701 g/mol. The third-order valence-electron chi connectivity index (χ3n) is 11.0. The van der Waals surface area contributed by atoms with Crippen LogP contribution in [0.25, 0.3) is 10.9 Å². The Morgan fingerprint density at radius 3 is 2.43 bits per heavy atom. The fourth-order valence-electron chi connectivity index (χ4n) is 6.93. The van der Waals surface area contributed by atoms with Gasteiger partial charge >= 0.3 is 0 Å². The summed E-state index contributed by atoms with van der Waals surface area (Å²) in [6, 6.07) is 17.8. The van der Waals surface area contributed by atoms with E-state index >= 15 is 0 Å². The van der Waals surface area contributed by atoms with Crippen molar-refractivity contribution in [2.24, 2.45) is 0 Å². The molecule has 0 spiro atoms. The van der Waals surface area contributed by atoms with E-state index in [1.807, 2.05) is 51.2 Å². The summed E-state index contributed by atoms with van der Waals surface area (Å²) in [4.78, 5) is 29.5. The number of hydrogen-bond donors (Lipinski definition) is 2. The van der Waals surface area contributed by atoms with Gasteiger partial charge in [-0.05, 0) is 93.8 Å². The van der Waals surface area contributed by atoms with Gasteiger partial charge in [-0.1, -0.05) is 45.9 Å².